The highest BCUT2D eigenvalue weighted by atomic mass is 79.9. The lowest BCUT2D eigenvalue weighted by atomic mass is 9.92. The fraction of sp³-hybridized carbons (Fsp3) is 0.571. The van der Waals surface area contributed by atoms with Crippen molar-refractivity contribution in [2.24, 2.45) is 0 Å². The van der Waals surface area contributed by atoms with Crippen LogP contribution < -0.4 is 9.47 Å². The van der Waals surface area contributed by atoms with Crippen LogP contribution in [0, 0.1) is 0 Å². The molecule has 2 unspecified atom stereocenters. The first-order valence-electron chi connectivity index (χ1n) is 6.22. The summed E-state index contributed by atoms with van der Waals surface area (Å²) in [5, 5.41) is -0.257. The molecule has 1 fully saturated rings. The van der Waals surface area contributed by atoms with Crippen molar-refractivity contribution in [1.29, 1.82) is 0 Å². The molecule has 1 aromatic carbocycles. The van der Waals surface area contributed by atoms with Gasteiger partial charge in [-0.3, -0.25) is 0 Å². The van der Waals surface area contributed by atoms with Gasteiger partial charge in [0.1, 0.15) is 16.0 Å². The molecule has 2 rings (SSSR count). The molecule has 1 saturated heterocycles. The van der Waals surface area contributed by atoms with E-state index >= 15 is 0 Å². The lowest BCUT2D eigenvalue weighted by Gasteiger charge is -2.30. The second-order valence-corrected chi connectivity index (χ2v) is 6.06. The number of methoxy groups -OCH3 is 2. The summed E-state index contributed by atoms with van der Waals surface area (Å²) >= 11 is 10.1. The predicted molar refractivity (Wildman–Crippen MR) is 79.4 cm³/mol. The van der Waals surface area contributed by atoms with Crippen molar-refractivity contribution < 1.29 is 14.2 Å². The Bertz CT molecular complexity index is 458. The summed E-state index contributed by atoms with van der Waals surface area (Å²) in [4.78, 5) is 0. The standard InChI is InChI=1S/C14H18BrClO3/c1-14(7-4-8-19-14)13(16)9-5-6-10(17-2)11(15)12(9)18-3/h5-6,13H,4,7-8H2,1-3H3. The molecule has 106 valence electrons. The van der Waals surface area contributed by atoms with Crippen molar-refractivity contribution in [2.75, 3.05) is 20.8 Å². The average molecular weight is 350 g/mol. The van der Waals surface area contributed by atoms with Gasteiger partial charge in [-0.1, -0.05) is 0 Å². The molecular weight excluding hydrogens is 332 g/mol. The van der Waals surface area contributed by atoms with Crippen molar-refractivity contribution in [3.05, 3.63) is 22.2 Å². The smallest absolute Gasteiger partial charge is 0.141 e. The van der Waals surface area contributed by atoms with E-state index in [-0.39, 0.29) is 11.0 Å². The minimum absolute atomic E-state index is 0.257. The number of hydrogen-bond acceptors (Lipinski definition) is 3. The number of alkyl halides is 1. The average Bonchev–Trinajstić information content (AvgIpc) is 2.85. The topological polar surface area (TPSA) is 27.7 Å². The van der Waals surface area contributed by atoms with Crippen molar-refractivity contribution in [2.45, 2.75) is 30.7 Å². The molecule has 0 saturated carbocycles. The highest BCUT2D eigenvalue weighted by molar-refractivity contribution is 9.10. The van der Waals surface area contributed by atoms with Crippen molar-refractivity contribution in [1.82, 2.24) is 0 Å². The van der Waals surface area contributed by atoms with Crippen molar-refractivity contribution in [3.63, 3.8) is 0 Å². The van der Waals surface area contributed by atoms with Gasteiger partial charge in [-0.15, -0.1) is 11.6 Å². The molecule has 0 radical (unpaired) electrons. The molecule has 0 spiro atoms. The fourth-order valence-electron chi connectivity index (χ4n) is 2.45. The number of ether oxygens (including phenoxy) is 3. The van der Waals surface area contributed by atoms with Gasteiger partial charge < -0.3 is 14.2 Å². The minimum atomic E-state index is -0.344. The largest absolute Gasteiger partial charge is 0.495 e. The summed E-state index contributed by atoms with van der Waals surface area (Å²) in [6.07, 6.45) is 1.99. The molecule has 0 N–H and O–H groups in total. The van der Waals surface area contributed by atoms with Crippen LogP contribution in [-0.4, -0.2) is 26.4 Å². The maximum Gasteiger partial charge on any atom is 0.141 e. The van der Waals surface area contributed by atoms with Crippen LogP contribution >= 0.6 is 27.5 Å². The van der Waals surface area contributed by atoms with Crippen molar-refractivity contribution in [3.8, 4) is 11.5 Å². The SMILES string of the molecule is COc1ccc(C(Cl)C2(C)CCCO2)c(OC)c1Br. The Morgan fingerprint density at radius 2 is 2.11 bits per heavy atom. The van der Waals surface area contributed by atoms with E-state index in [0.717, 1.165) is 35.2 Å². The maximum absolute atomic E-state index is 6.64. The van der Waals surface area contributed by atoms with Gasteiger partial charge in [0.15, 0.2) is 0 Å². The van der Waals surface area contributed by atoms with Gasteiger partial charge in [0, 0.05) is 12.2 Å². The van der Waals surface area contributed by atoms with Crippen LogP contribution in [0.25, 0.3) is 0 Å². The molecule has 1 aromatic rings. The first kappa shape index (κ1) is 14.9. The van der Waals surface area contributed by atoms with E-state index in [1.807, 2.05) is 12.1 Å². The summed E-state index contributed by atoms with van der Waals surface area (Å²) in [6.45, 7) is 2.81. The van der Waals surface area contributed by atoms with Gasteiger partial charge in [0.25, 0.3) is 0 Å². The molecule has 1 aliphatic rings. The van der Waals surface area contributed by atoms with Gasteiger partial charge in [0.05, 0.1) is 25.2 Å². The molecule has 2 atom stereocenters. The summed E-state index contributed by atoms with van der Waals surface area (Å²) in [5.74, 6) is 1.43. The molecule has 1 aliphatic heterocycles. The summed E-state index contributed by atoms with van der Waals surface area (Å²) in [7, 11) is 3.25. The van der Waals surface area contributed by atoms with E-state index in [2.05, 4.69) is 22.9 Å². The molecule has 0 bridgehead atoms. The first-order chi connectivity index (χ1) is 9.03. The maximum atomic E-state index is 6.64. The van der Waals surface area contributed by atoms with Crippen LogP contribution in [0.1, 0.15) is 30.7 Å². The van der Waals surface area contributed by atoms with Gasteiger partial charge in [-0.2, -0.15) is 0 Å². The zero-order chi connectivity index (χ0) is 14.0. The summed E-state index contributed by atoms with van der Waals surface area (Å²) in [5.41, 5.74) is 0.573. The molecule has 1 heterocycles. The van der Waals surface area contributed by atoms with E-state index in [0.29, 0.717) is 5.75 Å². The zero-order valence-electron chi connectivity index (χ0n) is 11.3. The minimum Gasteiger partial charge on any atom is -0.495 e. The highest BCUT2D eigenvalue weighted by Gasteiger charge is 2.40. The van der Waals surface area contributed by atoms with Crippen LogP contribution in [0.3, 0.4) is 0 Å². The molecule has 3 nitrogen and oxygen atoms in total. The van der Waals surface area contributed by atoms with E-state index in [4.69, 9.17) is 25.8 Å². The van der Waals surface area contributed by atoms with E-state index in [9.17, 15) is 0 Å². The molecule has 5 heteroatoms. The molecule has 0 aliphatic carbocycles. The Kier molecular flexibility index (Phi) is 4.64. The van der Waals surface area contributed by atoms with Crippen LogP contribution in [0.15, 0.2) is 16.6 Å². The van der Waals surface area contributed by atoms with Gasteiger partial charge in [-0.25, -0.2) is 0 Å². The Labute approximate surface area is 127 Å². The summed E-state index contributed by atoms with van der Waals surface area (Å²) in [6, 6.07) is 3.82. The third kappa shape index (κ3) is 2.71. The van der Waals surface area contributed by atoms with E-state index in [1.165, 1.54) is 0 Å². The van der Waals surface area contributed by atoms with Gasteiger partial charge in [0.2, 0.25) is 0 Å². The Morgan fingerprint density at radius 3 is 2.63 bits per heavy atom. The second-order valence-electron chi connectivity index (χ2n) is 4.83. The normalized spacial score (nSPS) is 24.3. The lowest BCUT2D eigenvalue weighted by Crippen LogP contribution is -2.29. The molecule has 0 amide bonds. The molecule has 0 aromatic heterocycles. The third-order valence-corrected chi connectivity index (χ3v) is 5.02. The zero-order valence-corrected chi connectivity index (χ0v) is 13.7. The van der Waals surface area contributed by atoms with Crippen LogP contribution in [0.2, 0.25) is 0 Å². The second kappa shape index (κ2) is 5.90. The van der Waals surface area contributed by atoms with E-state index in [1.54, 1.807) is 14.2 Å². The Balaban J connectivity index is 2.41. The van der Waals surface area contributed by atoms with E-state index < -0.39 is 0 Å². The quantitative estimate of drug-likeness (QED) is 0.758. The Morgan fingerprint density at radius 1 is 1.37 bits per heavy atom. The van der Waals surface area contributed by atoms with Crippen LogP contribution in [-0.2, 0) is 4.74 Å². The van der Waals surface area contributed by atoms with Gasteiger partial charge >= 0.3 is 0 Å². The number of benzene rings is 1. The number of halogens is 2. The predicted octanol–water partition coefficient (Wildman–Crippen LogP) is 4.32. The molecular formula is C14H18BrClO3. The van der Waals surface area contributed by atoms with Crippen LogP contribution in [0.5, 0.6) is 11.5 Å². The van der Waals surface area contributed by atoms with Gasteiger partial charge in [-0.05, 0) is 47.8 Å². The Hall–Kier alpha value is -0.450. The highest BCUT2D eigenvalue weighted by Crippen LogP contribution is 2.48. The number of rotatable bonds is 4. The lowest BCUT2D eigenvalue weighted by molar-refractivity contribution is 0.0159. The monoisotopic (exact) mass is 348 g/mol. The van der Waals surface area contributed by atoms with Crippen molar-refractivity contribution >= 4 is 27.5 Å². The fourth-order valence-corrected chi connectivity index (χ4v) is 3.48. The molecule has 19 heavy (non-hydrogen) atoms. The summed E-state index contributed by atoms with van der Waals surface area (Å²) < 4.78 is 17.3. The first-order valence-corrected chi connectivity index (χ1v) is 7.45. The van der Waals surface area contributed by atoms with Crippen LogP contribution in [0.4, 0.5) is 0 Å². The number of hydrogen-bond donors (Lipinski definition) is 0. The third-order valence-electron chi connectivity index (χ3n) is 3.57.